The second-order valence-corrected chi connectivity index (χ2v) is 4.90. The van der Waals surface area contributed by atoms with Gasteiger partial charge >= 0.3 is 0 Å². The van der Waals surface area contributed by atoms with Gasteiger partial charge in [-0.25, -0.2) is 0 Å². The summed E-state index contributed by atoms with van der Waals surface area (Å²) in [7, 11) is 0. The van der Waals surface area contributed by atoms with Gasteiger partial charge in [0.25, 0.3) is 0 Å². The molecule has 3 heteroatoms. The molecule has 1 aromatic carbocycles. The van der Waals surface area contributed by atoms with Gasteiger partial charge in [-0.1, -0.05) is 28.1 Å². The number of hydrogen-bond donors (Lipinski definition) is 1. The molecule has 1 N–H and O–H groups in total. The monoisotopic (exact) mass is 292 g/mol. The Morgan fingerprint density at radius 1 is 1.18 bits per heavy atom. The molecule has 0 aliphatic rings. The largest absolute Gasteiger partial charge is 0.313 e. The molecule has 0 bridgehead atoms. The van der Waals surface area contributed by atoms with E-state index in [4.69, 9.17) is 0 Å². The maximum Gasteiger partial charge on any atom is 0.0702 e. The molecule has 0 radical (unpaired) electrons. The van der Waals surface area contributed by atoms with Crippen LogP contribution in [-0.4, -0.2) is 16.9 Å². The van der Waals surface area contributed by atoms with Gasteiger partial charge in [-0.3, -0.25) is 4.98 Å². The zero-order valence-electron chi connectivity index (χ0n) is 9.82. The van der Waals surface area contributed by atoms with Crippen LogP contribution in [0.3, 0.4) is 0 Å². The predicted octanol–water partition coefficient (Wildman–Crippen LogP) is 3.50. The molecule has 90 valence electrons. The molecular weight excluding hydrogens is 276 g/mol. The summed E-state index contributed by atoms with van der Waals surface area (Å²) in [4.78, 5) is 4.32. The van der Waals surface area contributed by atoms with Crippen molar-refractivity contribution in [1.82, 2.24) is 10.3 Å². The lowest BCUT2D eigenvalue weighted by Gasteiger charge is -2.05. The van der Waals surface area contributed by atoms with Gasteiger partial charge < -0.3 is 5.32 Å². The quantitative estimate of drug-likeness (QED) is 0.651. The van der Waals surface area contributed by atoms with E-state index in [9.17, 15) is 0 Å². The van der Waals surface area contributed by atoms with Crippen LogP contribution in [0.2, 0.25) is 0 Å². The van der Waals surface area contributed by atoms with Crippen molar-refractivity contribution >= 4 is 26.8 Å². The van der Waals surface area contributed by atoms with Crippen LogP contribution in [0.4, 0.5) is 0 Å². The van der Waals surface area contributed by atoms with Crippen molar-refractivity contribution < 1.29 is 0 Å². The number of halogens is 1. The summed E-state index contributed by atoms with van der Waals surface area (Å²) >= 11 is 3.44. The molecule has 1 heterocycles. The first-order valence-corrected chi connectivity index (χ1v) is 7.12. The van der Waals surface area contributed by atoms with Crippen molar-refractivity contribution in [2.45, 2.75) is 19.4 Å². The third-order valence-corrected chi connectivity index (χ3v) is 3.29. The Balaban J connectivity index is 1.90. The van der Waals surface area contributed by atoms with Crippen LogP contribution in [0.15, 0.2) is 36.5 Å². The van der Waals surface area contributed by atoms with Gasteiger partial charge in [0.15, 0.2) is 0 Å². The highest BCUT2D eigenvalue weighted by molar-refractivity contribution is 9.09. The highest BCUT2D eigenvalue weighted by Gasteiger charge is 1.96. The second kappa shape index (κ2) is 6.72. The van der Waals surface area contributed by atoms with E-state index >= 15 is 0 Å². The maximum atomic E-state index is 4.32. The van der Waals surface area contributed by atoms with Gasteiger partial charge in [0.05, 0.1) is 5.52 Å². The lowest BCUT2D eigenvalue weighted by molar-refractivity contribution is 0.645. The Labute approximate surface area is 111 Å². The van der Waals surface area contributed by atoms with E-state index in [2.05, 4.69) is 50.5 Å². The summed E-state index contributed by atoms with van der Waals surface area (Å²) in [5.74, 6) is 0. The number of alkyl halides is 1. The van der Waals surface area contributed by atoms with E-state index in [1.165, 1.54) is 23.8 Å². The van der Waals surface area contributed by atoms with Crippen molar-refractivity contribution in [3.05, 3.63) is 42.1 Å². The van der Waals surface area contributed by atoms with Crippen molar-refractivity contribution in [2.75, 3.05) is 11.9 Å². The lowest BCUT2D eigenvalue weighted by atomic mass is 10.1. The molecule has 0 spiro atoms. The lowest BCUT2D eigenvalue weighted by Crippen LogP contribution is -2.14. The summed E-state index contributed by atoms with van der Waals surface area (Å²) < 4.78 is 0. The van der Waals surface area contributed by atoms with Crippen molar-refractivity contribution in [3.8, 4) is 0 Å². The van der Waals surface area contributed by atoms with E-state index in [1.807, 2.05) is 12.3 Å². The molecule has 17 heavy (non-hydrogen) atoms. The fourth-order valence-electron chi connectivity index (χ4n) is 1.81. The van der Waals surface area contributed by atoms with Crippen LogP contribution in [-0.2, 0) is 6.54 Å². The molecule has 0 unspecified atom stereocenters. The summed E-state index contributed by atoms with van der Waals surface area (Å²) in [6, 6.07) is 10.5. The minimum atomic E-state index is 0.938. The summed E-state index contributed by atoms with van der Waals surface area (Å²) in [5.41, 5.74) is 2.39. The van der Waals surface area contributed by atoms with Gasteiger partial charge in [0.2, 0.25) is 0 Å². The zero-order valence-corrected chi connectivity index (χ0v) is 11.4. The zero-order chi connectivity index (χ0) is 11.9. The van der Waals surface area contributed by atoms with Crippen LogP contribution in [0.25, 0.3) is 10.9 Å². The molecule has 0 fully saturated rings. The first-order chi connectivity index (χ1) is 8.40. The smallest absolute Gasteiger partial charge is 0.0702 e. The first kappa shape index (κ1) is 12.5. The second-order valence-electron chi connectivity index (χ2n) is 4.10. The van der Waals surface area contributed by atoms with E-state index < -0.39 is 0 Å². The molecule has 0 amide bonds. The molecule has 0 saturated carbocycles. The summed E-state index contributed by atoms with van der Waals surface area (Å²) in [5, 5.41) is 5.77. The average molecular weight is 293 g/mol. The predicted molar refractivity (Wildman–Crippen MR) is 76.5 cm³/mol. The van der Waals surface area contributed by atoms with Crippen LogP contribution in [0, 0.1) is 0 Å². The Morgan fingerprint density at radius 2 is 2.12 bits per heavy atom. The molecular formula is C14H17BrN2. The number of nitrogens with one attached hydrogen (secondary N) is 1. The third kappa shape index (κ3) is 3.79. The minimum absolute atomic E-state index is 0.938. The molecule has 0 saturated heterocycles. The van der Waals surface area contributed by atoms with E-state index in [-0.39, 0.29) is 0 Å². The van der Waals surface area contributed by atoms with Crippen LogP contribution in [0.5, 0.6) is 0 Å². The molecule has 2 aromatic rings. The number of benzene rings is 1. The van der Waals surface area contributed by atoms with E-state index in [0.29, 0.717) is 0 Å². The Bertz CT molecular complexity index is 470. The van der Waals surface area contributed by atoms with Gasteiger partial charge in [0.1, 0.15) is 0 Å². The number of rotatable bonds is 6. The Kier molecular flexibility index (Phi) is 4.95. The average Bonchev–Trinajstić information content (AvgIpc) is 2.38. The van der Waals surface area contributed by atoms with E-state index in [1.54, 1.807) is 0 Å². The molecule has 2 rings (SSSR count). The molecule has 0 atom stereocenters. The summed E-state index contributed by atoms with van der Waals surface area (Å²) in [6.45, 7) is 2.02. The van der Waals surface area contributed by atoms with Gasteiger partial charge in [-0.2, -0.15) is 0 Å². The molecule has 1 aromatic heterocycles. The van der Waals surface area contributed by atoms with E-state index in [0.717, 1.165) is 23.9 Å². The number of fused-ring (bicyclic) bond motifs is 1. The molecule has 2 nitrogen and oxygen atoms in total. The SMILES string of the molecule is BrCCCCNCc1ccc2ncccc2c1. The van der Waals surface area contributed by atoms with Crippen LogP contribution < -0.4 is 5.32 Å². The van der Waals surface area contributed by atoms with Gasteiger partial charge in [-0.15, -0.1) is 0 Å². The summed E-state index contributed by atoms with van der Waals surface area (Å²) in [6.07, 6.45) is 4.29. The molecule has 0 aliphatic heterocycles. The Hall–Kier alpha value is -0.930. The standard InChI is InChI=1S/C14H17BrN2/c15-7-1-2-8-16-11-12-5-6-14-13(10-12)4-3-9-17-14/h3-6,9-10,16H,1-2,7-8,11H2. The Morgan fingerprint density at radius 3 is 3.00 bits per heavy atom. The normalized spacial score (nSPS) is 10.9. The topological polar surface area (TPSA) is 24.9 Å². The highest BCUT2D eigenvalue weighted by Crippen LogP contribution is 2.13. The number of aromatic nitrogens is 1. The minimum Gasteiger partial charge on any atom is -0.313 e. The van der Waals surface area contributed by atoms with Crippen molar-refractivity contribution in [2.24, 2.45) is 0 Å². The third-order valence-electron chi connectivity index (χ3n) is 2.73. The number of pyridine rings is 1. The van der Waals surface area contributed by atoms with Gasteiger partial charge in [0, 0.05) is 23.5 Å². The number of unbranched alkanes of at least 4 members (excludes halogenated alkanes) is 1. The fraction of sp³-hybridized carbons (Fsp3) is 0.357. The first-order valence-electron chi connectivity index (χ1n) is 6.00. The molecule has 0 aliphatic carbocycles. The number of hydrogen-bond acceptors (Lipinski definition) is 2. The highest BCUT2D eigenvalue weighted by atomic mass is 79.9. The van der Waals surface area contributed by atoms with Crippen LogP contribution in [0.1, 0.15) is 18.4 Å². The van der Waals surface area contributed by atoms with Crippen molar-refractivity contribution in [1.29, 1.82) is 0 Å². The number of nitrogens with zero attached hydrogens (tertiary/aromatic N) is 1. The maximum absolute atomic E-state index is 4.32. The van der Waals surface area contributed by atoms with Gasteiger partial charge in [-0.05, 0) is 43.1 Å². The fourth-order valence-corrected chi connectivity index (χ4v) is 2.21. The van der Waals surface area contributed by atoms with Crippen LogP contribution >= 0.6 is 15.9 Å². The van der Waals surface area contributed by atoms with Crippen molar-refractivity contribution in [3.63, 3.8) is 0 Å².